The molecule has 1 aromatic rings. The number of amides is 4. The molecule has 3 aliphatic rings. The number of nitrogens with zero attached hydrogens (tertiary/aromatic N) is 3. The summed E-state index contributed by atoms with van der Waals surface area (Å²) in [7, 11) is 3.98. The molecular formula is C26H38N4O3. The molecule has 4 amide bonds. The van der Waals surface area contributed by atoms with Gasteiger partial charge in [-0.3, -0.25) is 14.5 Å². The third kappa shape index (κ3) is 4.65. The van der Waals surface area contributed by atoms with Gasteiger partial charge in [-0.05, 0) is 76.7 Å². The molecule has 7 nitrogen and oxygen atoms in total. The van der Waals surface area contributed by atoms with Crippen LogP contribution in [0.1, 0.15) is 50.2 Å². The van der Waals surface area contributed by atoms with E-state index in [9.17, 15) is 14.4 Å². The fourth-order valence-electron chi connectivity index (χ4n) is 5.40. The number of piperidine rings is 1. The van der Waals surface area contributed by atoms with E-state index in [0.29, 0.717) is 26.1 Å². The summed E-state index contributed by atoms with van der Waals surface area (Å²) in [4.78, 5) is 45.2. The molecule has 2 saturated heterocycles. The van der Waals surface area contributed by atoms with Crippen LogP contribution in [0.3, 0.4) is 0 Å². The molecule has 0 radical (unpaired) electrons. The van der Waals surface area contributed by atoms with E-state index in [2.05, 4.69) is 29.3 Å². The number of hydrogen-bond donors (Lipinski definition) is 1. The first-order valence-electron chi connectivity index (χ1n) is 12.3. The van der Waals surface area contributed by atoms with Crippen molar-refractivity contribution >= 4 is 17.8 Å². The standard InChI is InChI=1S/C26H38N4O3/c1-19-8-5-6-9-20(19)18-26(23(32)30(24(33)27-26)15-7-14-28(3)4)21-10-16-29(17-11-21)22(31)25(2)12-13-25/h5-6,8-9,21H,7,10-18H2,1-4H3,(H,27,33). The van der Waals surface area contributed by atoms with Crippen molar-refractivity contribution in [2.24, 2.45) is 11.3 Å². The zero-order valence-electron chi connectivity index (χ0n) is 20.5. The summed E-state index contributed by atoms with van der Waals surface area (Å²) in [5.41, 5.74) is 1.09. The van der Waals surface area contributed by atoms with E-state index in [4.69, 9.17) is 0 Å². The molecule has 0 bridgehead atoms. The smallest absolute Gasteiger partial charge is 0.325 e. The van der Waals surface area contributed by atoms with Gasteiger partial charge in [0, 0.05) is 31.5 Å². The van der Waals surface area contributed by atoms with Gasteiger partial charge in [0.15, 0.2) is 0 Å². The van der Waals surface area contributed by atoms with Crippen LogP contribution in [0.25, 0.3) is 0 Å². The van der Waals surface area contributed by atoms with Gasteiger partial charge in [0.05, 0.1) is 0 Å². The van der Waals surface area contributed by atoms with E-state index in [1.165, 1.54) is 4.90 Å². The molecule has 1 atom stereocenters. The van der Waals surface area contributed by atoms with Crippen molar-refractivity contribution in [3.05, 3.63) is 35.4 Å². The molecule has 1 aromatic carbocycles. The van der Waals surface area contributed by atoms with Crippen LogP contribution >= 0.6 is 0 Å². The monoisotopic (exact) mass is 454 g/mol. The SMILES string of the molecule is Cc1ccccc1CC1(C2CCN(C(=O)C3(C)CC3)CC2)NC(=O)N(CCCN(C)C)C1=O. The first kappa shape index (κ1) is 23.7. The fraction of sp³-hybridized carbons (Fsp3) is 0.654. The third-order valence-corrected chi connectivity index (χ3v) is 7.91. The number of urea groups is 1. The highest BCUT2D eigenvalue weighted by molar-refractivity contribution is 6.07. The van der Waals surface area contributed by atoms with Gasteiger partial charge in [0.2, 0.25) is 5.91 Å². The Balaban J connectivity index is 1.55. The molecule has 7 heteroatoms. The van der Waals surface area contributed by atoms with Crippen LogP contribution in [0.15, 0.2) is 24.3 Å². The summed E-state index contributed by atoms with van der Waals surface area (Å²) in [6, 6.07) is 7.81. The topological polar surface area (TPSA) is 73.0 Å². The summed E-state index contributed by atoms with van der Waals surface area (Å²) in [5, 5.41) is 3.16. The van der Waals surface area contributed by atoms with Crippen molar-refractivity contribution in [3.63, 3.8) is 0 Å². The van der Waals surface area contributed by atoms with Gasteiger partial charge in [-0.2, -0.15) is 0 Å². The van der Waals surface area contributed by atoms with Gasteiger partial charge in [-0.15, -0.1) is 0 Å². The highest BCUT2D eigenvalue weighted by Crippen LogP contribution is 2.47. The lowest BCUT2D eigenvalue weighted by atomic mass is 9.73. The number of imide groups is 1. The summed E-state index contributed by atoms with van der Waals surface area (Å²) in [6.45, 7) is 6.65. The Morgan fingerprint density at radius 2 is 1.82 bits per heavy atom. The molecule has 180 valence electrons. The van der Waals surface area contributed by atoms with E-state index in [1.54, 1.807) is 0 Å². The predicted molar refractivity (Wildman–Crippen MR) is 128 cm³/mol. The molecule has 4 rings (SSSR count). The molecule has 0 spiro atoms. The summed E-state index contributed by atoms with van der Waals surface area (Å²) in [5.74, 6) is 0.151. The van der Waals surface area contributed by atoms with Crippen molar-refractivity contribution in [2.45, 2.75) is 57.9 Å². The number of likely N-dealkylation sites (tertiary alicyclic amines) is 1. The molecule has 1 unspecified atom stereocenters. The quantitative estimate of drug-likeness (QED) is 0.613. The Morgan fingerprint density at radius 1 is 1.15 bits per heavy atom. The average Bonchev–Trinajstić information content (AvgIpc) is 3.49. The minimum absolute atomic E-state index is 0.00321. The highest BCUT2D eigenvalue weighted by Gasteiger charge is 2.56. The van der Waals surface area contributed by atoms with Crippen molar-refractivity contribution in [1.29, 1.82) is 0 Å². The number of carbonyl (C=O) groups is 3. The average molecular weight is 455 g/mol. The molecule has 1 N–H and O–H groups in total. The molecule has 2 aliphatic heterocycles. The second kappa shape index (κ2) is 9.09. The molecule has 0 aromatic heterocycles. The van der Waals surface area contributed by atoms with E-state index in [1.807, 2.05) is 38.1 Å². The molecule has 1 aliphatic carbocycles. The van der Waals surface area contributed by atoms with Crippen molar-refractivity contribution in [1.82, 2.24) is 20.0 Å². The van der Waals surface area contributed by atoms with Gasteiger partial charge < -0.3 is 15.1 Å². The van der Waals surface area contributed by atoms with E-state index >= 15 is 0 Å². The van der Waals surface area contributed by atoms with Gasteiger partial charge in [0.1, 0.15) is 5.54 Å². The van der Waals surface area contributed by atoms with Crippen molar-refractivity contribution in [2.75, 3.05) is 40.3 Å². The molecule has 1 saturated carbocycles. The zero-order chi connectivity index (χ0) is 23.8. The molecule has 2 heterocycles. The normalized spacial score (nSPS) is 25.0. The lowest BCUT2D eigenvalue weighted by molar-refractivity contribution is -0.139. The van der Waals surface area contributed by atoms with Gasteiger partial charge in [-0.1, -0.05) is 31.2 Å². The first-order chi connectivity index (χ1) is 15.7. The third-order valence-electron chi connectivity index (χ3n) is 7.91. The van der Waals surface area contributed by atoms with Crippen LogP contribution < -0.4 is 5.32 Å². The summed E-state index contributed by atoms with van der Waals surface area (Å²) in [6.07, 6.45) is 4.64. The van der Waals surface area contributed by atoms with Gasteiger partial charge in [0.25, 0.3) is 5.91 Å². The van der Waals surface area contributed by atoms with Gasteiger partial charge in [-0.25, -0.2) is 4.79 Å². The van der Waals surface area contributed by atoms with Gasteiger partial charge >= 0.3 is 6.03 Å². The van der Waals surface area contributed by atoms with Crippen molar-refractivity contribution < 1.29 is 14.4 Å². The number of hydrogen-bond acceptors (Lipinski definition) is 4. The lowest BCUT2D eigenvalue weighted by Crippen LogP contribution is -2.58. The summed E-state index contributed by atoms with van der Waals surface area (Å²) < 4.78 is 0. The second-order valence-corrected chi connectivity index (χ2v) is 10.7. The maximum absolute atomic E-state index is 13.9. The van der Waals surface area contributed by atoms with Crippen LogP contribution in [-0.2, 0) is 16.0 Å². The maximum atomic E-state index is 13.9. The van der Waals surface area contributed by atoms with Crippen LogP contribution in [-0.4, -0.2) is 78.4 Å². The maximum Gasteiger partial charge on any atom is 0.325 e. The van der Waals surface area contributed by atoms with Crippen LogP contribution in [0, 0.1) is 18.3 Å². The molecule has 33 heavy (non-hydrogen) atoms. The Kier molecular flexibility index (Phi) is 6.54. The highest BCUT2D eigenvalue weighted by atomic mass is 16.2. The molecular weight excluding hydrogens is 416 g/mol. The van der Waals surface area contributed by atoms with Crippen LogP contribution in [0.4, 0.5) is 4.79 Å². The minimum Gasteiger partial charge on any atom is -0.342 e. The predicted octanol–water partition coefficient (Wildman–Crippen LogP) is 2.82. The number of nitrogens with one attached hydrogen (secondary N) is 1. The van der Waals surface area contributed by atoms with E-state index in [0.717, 1.165) is 49.8 Å². The number of benzene rings is 1. The van der Waals surface area contributed by atoms with Crippen LogP contribution in [0.5, 0.6) is 0 Å². The Hall–Kier alpha value is -2.41. The Labute approximate surface area is 197 Å². The van der Waals surface area contributed by atoms with Crippen molar-refractivity contribution in [3.8, 4) is 0 Å². The number of rotatable bonds is 8. The Bertz CT molecular complexity index is 918. The zero-order valence-corrected chi connectivity index (χ0v) is 20.5. The minimum atomic E-state index is -0.945. The first-order valence-corrected chi connectivity index (χ1v) is 12.3. The second-order valence-electron chi connectivity index (χ2n) is 10.7. The van der Waals surface area contributed by atoms with E-state index in [-0.39, 0.29) is 29.2 Å². The van der Waals surface area contributed by atoms with Crippen LogP contribution in [0.2, 0.25) is 0 Å². The Morgan fingerprint density at radius 3 is 2.42 bits per heavy atom. The lowest BCUT2D eigenvalue weighted by Gasteiger charge is -2.41. The number of carbonyl (C=O) groups excluding carboxylic acids is 3. The fourth-order valence-corrected chi connectivity index (χ4v) is 5.40. The number of aryl methyl sites for hydroxylation is 1. The van der Waals surface area contributed by atoms with E-state index < -0.39 is 5.54 Å². The summed E-state index contributed by atoms with van der Waals surface area (Å²) >= 11 is 0. The molecule has 3 fully saturated rings. The largest absolute Gasteiger partial charge is 0.342 e.